The Morgan fingerprint density at radius 3 is 2.65 bits per heavy atom. The fourth-order valence-electron chi connectivity index (χ4n) is 1.98. The second kappa shape index (κ2) is 5.62. The second-order valence-electron chi connectivity index (χ2n) is 4.41. The number of nitro groups is 1. The number of methoxy groups -OCH3 is 1. The van der Waals surface area contributed by atoms with Crippen molar-refractivity contribution in [3.8, 4) is 5.75 Å². The van der Waals surface area contributed by atoms with Gasteiger partial charge in [-0.2, -0.15) is 5.10 Å². The van der Waals surface area contributed by atoms with E-state index in [-0.39, 0.29) is 11.4 Å². The lowest BCUT2D eigenvalue weighted by Gasteiger charge is -2.07. The number of rotatable bonds is 4. The first-order valence-corrected chi connectivity index (χ1v) is 6.74. The largest absolute Gasteiger partial charge is 0.490 e. The lowest BCUT2D eigenvalue weighted by molar-refractivity contribution is -0.385. The Balaban J connectivity index is 2.36. The van der Waals surface area contributed by atoms with Crippen LogP contribution in [0.2, 0.25) is 0 Å². The minimum Gasteiger partial charge on any atom is -0.490 e. The molecule has 2 rings (SSSR count). The second-order valence-corrected chi connectivity index (χ2v) is 5.20. The van der Waals surface area contributed by atoms with Gasteiger partial charge in [0.15, 0.2) is 5.75 Å². The number of nitrogens with zero attached hydrogens (tertiary/aromatic N) is 3. The van der Waals surface area contributed by atoms with Crippen molar-refractivity contribution < 1.29 is 9.66 Å². The molecule has 0 amide bonds. The van der Waals surface area contributed by atoms with Crippen LogP contribution in [0.15, 0.2) is 22.7 Å². The van der Waals surface area contributed by atoms with Gasteiger partial charge in [0.1, 0.15) is 0 Å². The Kier molecular flexibility index (Phi) is 4.08. The van der Waals surface area contributed by atoms with Gasteiger partial charge in [-0.05, 0) is 41.4 Å². The van der Waals surface area contributed by atoms with E-state index in [1.54, 1.807) is 12.1 Å². The van der Waals surface area contributed by atoms with Crippen LogP contribution in [-0.4, -0.2) is 21.8 Å². The smallest absolute Gasteiger partial charge is 0.311 e. The molecule has 0 aliphatic heterocycles. The number of nitro benzene ring substituents is 1. The molecule has 0 aliphatic carbocycles. The number of aromatic nitrogens is 2. The average Bonchev–Trinajstić information content (AvgIpc) is 2.66. The molecule has 0 unspecified atom stereocenters. The molecule has 7 heteroatoms. The van der Waals surface area contributed by atoms with E-state index in [2.05, 4.69) is 21.0 Å². The summed E-state index contributed by atoms with van der Waals surface area (Å²) in [5.74, 6) is 0.258. The van der Waals surface area contributed by atoms with Gasteiger partial charge in [0.25, 0.3) is 0 Å². The molecule has 1 heterocycles. The van der Waals surface area contributed by atoms with E-state index in [1.165, 1.54) is 13.2 Å². The Morgan fingerprint density at radius 2 is 2.15 bits per heavy atom. The molecule has 2 aromatic rings. The topological polar surface area (TPSA) is 70.2 Å². The van der Waals surface area contributed by atoms with Gasteiger partial charge in [0.05, 0.1) is 34.4 Å². The molecule has 0 aliphatic rings. The molecular weight excluding hydrogens is 326 g/mol. The minimum atomic E-state index is -0.445. The van der Waals surface area contributed by atoms with E-state index in [4.69, 9.17) is 4.74 Å². The monoisotopic (exact) mass is 339 g/mol. The molecule has 0 atom stereocenters. The van der Waals surface area contributed by atoms with Crippen LogP contribution < -0.4 is 4.74 Å². The minimum absolute atomic E-state index is 0.0365. The van der Waals surface area contributed by atoms with Crippen LogP contribution in [0.4, 0.5) is 5.69 Å². The molecule has 0 saturated carbocycles. The number of hydrogen-bond acceptors (Lipinski definition) is 4. The van der Waals surface area contributed by atoms with Crippen molar-refractivity contribution in [1.29, 1.82) is 0 Å². The molecule has 20 heavy (non-hydrogen) atoms. The average molecular weight is 340 g/mol. The molecule has 0 bridgehead atoms. The summed E-state index contributed by atoms with van der Waals surface area (Å²) in [7, 11) is 1.42. The van der Waals surface area contributed by atoms with Crippen molar-refractivity contribution in [2.45, 2.75) is 20.4 Å². The van der Waals surface area contributed by atoms with Gasteiger partial charge in [0.2, 0.25) is 0 Å². The molecule has 0 N–H and O–H groups in total. The summed E-state index contributed by atoms with van der Waals surface area (Å²) in [6.45, 7) is 4.33. The SMILES string of the molecule is COc1ccc(Cn2nc(C)c(Br)c2C)cc1[N+](=O)[O-]. The van der Waals surface area contributed by atoms with Crippen molar-refractivity contribution in [1.82, 2.24) is 9.78 Å². The summed E-state index contributed by atoms with van der Waals surface area (Å²) < 4.78 is 7.76. The van der Waals surface area contributed by atoms with Crippen molar-refractivity contribution in [2.24, 2.45) is 0 Å². The molecule has 1 aromatic heterocycles. The van der Waals surface area contributed by atoms with Gasteiger partial charge >= 0.3 is 5.69 Å². The lowest BCUT2D eigenvalue weighted by Crippen LogP contribution is -2.05. The highest BCUT2D eigenvalue weighted by Gasteiger charge is 2.16. The van der Waals surface area contributed by atoms with Crippen molar-refractivity contribution in [2.75, 3.05) is 7.11 Å². The van der Waals surface area contributed by atoms with Gasteiger partial charge in [-0.1, -0.05) is 6.07 Å². The Hall–Kier alpha value is -1.89. The summed E-state index contributed by atoms with van der Waals surface area (Å²) in [6, 6.07) is 4.92. The van der Waals surface area contributed by atoms with Crippen LogP contribution in [0.1, 0.15) is 17.0 Å². The summed E-state index contributed by atoms with van der Waals surface area (Å²) >= 11 is 3.46. The highest BCUT2D eigenvalue weighted by molar-refractivity contribution is 9.10. The summed E-state index contributed by atoms with van der Waals surface area (Å²) in [5.41, 5.74) is 2.65. The number of aryl methyl sites for hydroxylation is 1. The Morgan fingerprint density at radius 1 is 1.45 bits per heavy atom. The molecule has 0 saturated heterocycles. The zero-order valence-electron chi connectivity index (χ0n) is 11.4. The Labute approximate surface area is 124 Å². The summed E-state index contributed by atoms with van der Waals surface area (Å²) in [4.78, 5) is 10.6. The first-order valence-electron chi connectivity index (χ1n) is 5.95. The third kappa shape index (κ3) is 2.67. The van der Waals surface area contributed by atoms with E-state index < -0.39 is 4.92 Å². The Bertz CT molecular complexity index is 667. The normalized spacial score (nSPS) is 10.6. The standard InChI is InChI=1S/C13H14BrN3O3/c1-8-13(14)9(2)16(15-8)7-10-4-5-12(20-3)11(6-10)17(18)19/h4-6H,7H2,1-3H3. The maximum absolute atomic E-state index is 11.0. The molecule has 0 fully saturated rings. The van der Waals surface area contributed by atoms with Crippen molar-refractivity contribution in [3.63, 3.8) is 0 Å². The fourth-order valence-corrected chi connectivity index (χ4v) is 2.26. The van der Waals surface area contributed by atoms with Crippen LogP contribution in [0.25, 0.3) is 0 Å². The third-order valence-corrected chi connectivity index (χ3v) is 4.21. The maximum atomic E-state index is 11.0. The van der Waals surface area contributed by atoms with E-state index in [1.807, 2.05) is 18.5 Å². The van der Waals surface area contributed by atoms with E-state index >= 15 is 0 Å². The zero-order valence-corrected chi connectivity index (χ0v) is 13.0. The first kappa shape index (κ1) is 14.5. The van der Waals surface area contributed by atoms with E-state index in [0.717, 1.165) is 21.4 Å². The van der Waals surface area contributed by atoms with Gasteiger partial charge in [-0.25, -0.2) is 0 Å². The highest BCUT2D eigenvalue weighted by Crippen LogP contribution is 2.28. The maximum Gasteiger partial charge on any atom is 0.311 e. The molecule has 106 valence electrons. The van der Waals surface area contributed by atoms with Gasteiger partial charge in [-0.3, -0.25) is 14.8 Å². The number of hydrogen-bond donors (Lipinski definition) is 0. The van der Waals surface area contributed by atoms with Crippen LogP contribution >= 0.6 is 15.9 Å². The van der Waals surface area contributed by atoms with Gasteiger partial charge < -0.3 is 4.74 Å². The number of halogens is 1. The molecule has 0 radical (unpaired) electrons. The number of benzene rings is 1. The molecule has 6 nitrogen and oxygen atoms in total. The highest BCUT2D eigenvalue weighted by atomic mass is 79.9. The zero-order chi connectivity index (χ0) is 14.9. The lowest BCUT2D eigenvalue weighted by atomic mass is 10.2. The van der Waals surface area contributed by atoms with Gasteiger partial charge in [0, 0.05) is 6.07 Å². The quantitative estimate of drug-likeness (QED) is 0.633. The molecular formula is C13H14BrN3O3. The first-order chi connectivity index (χ1) is 9.43. The van der Waals surface area contributed by atoms with Crippen molar-refractivity contribution >= 4 is 21.6 Å². The van der Waals surface area contributed by atoms with Crippen molar-refractivity contribution in [3.05, 3.63) is 49.7 Å². The van der Waals surface area contributed by atoms with E-state index in [9.17, 15) is 10.1 Å². The summed E-state index contributed by atoms with van der Waals surface area (Å²) in [5, 5.41) is 15.4. The van der Waals surface area contributed by atoms with Crippen LogP contribution in [0.5, 0.6) is 5.75 Å². The van der Waals surface area contributed by atoms with E-state index in [0.29, 0.717) is 6.54 Å². The van der Waals surface area contributed by atoms with Crippen LogP contribution in [0, 0.1) is 24.0 Å². The molecule has 0 spiro atoms. The van der Waals surface area contributed by atoms with Gasteiger partial charge in [-0.15, -0.1) is 0 Å². The fraction of sp³-hybridized carbons (Fsp3) is 0.308. The predicted molar refractivity (Wildman–Crippen MR) is 78.2 cm³/mol. The molecule has 1 aromatic carbocycles. The number of ether oxygens (including phenoxy) is 1. The van der Waals surface area contributed by atoms with Crippen LogP contribution in [-0.2, 0) is 6.54 Å². The predicted octanol–water partition coefficient (Wildman–Crippen LogP) is 3.23. The summed E-state index contributed by atoms with van der Waals surface area (Å²) in [6.07, 6.45) is 0. The third-order valence-electron chi connectivity index (χ3n) is 3.07. The van der Waals surface area contributed by atoms with Crippen LogP contribution in [0.3, 0.4) is 0 Å².